The summed E-state index contributed by atoms with van der Waals surface area (Å²) in [5.74, 6) is -0.113. The molecule has 5 aromatic rings. The van der Waals surface area contributed by atoms with Crippen LogP contribution in [0.25, 0.3) is 27.3 Å². The molecule has 3 aromatic heterocycles. The summed E-state index contributed by atoms with van der Waals surface area (Å²) in [7, 11) is 5.93. The maximum atomic E-state index is 15.4. The first-order valence-corrected chi connectivity index (χ1v) is 15.7. The zero-order valence-electron chi connectivity index (χ0n) is 26.8. The number of anilines is 2. The summed E-state index contributed by atoms with van der Waals surface area (Å²) in [6, 6.07) is 13.9. The number of benzene rings is 2. The van der Waals surface area contributed by atoms with Gasteiger partial charge in [-0.25, -0.2) is 9.37 Å². The molecule has 0 aliphatic carbocycles. The summed E-state index contributed by atoms with van der Waals surface area (Å²) in [6.07, 6.45) is 3.24. The molecule has 0 aliphatic heterocycles. The molecule has 0 amide bonds. The van der Waals surface area contributed by atoms with E-state index in [1.807, 2.05) is 46.0 Å². The van der Waals surface area contributed by atoms with Gasteiger partial charge in [-0.3, -0.25) is 18.8 Å². The lowest BCUT2D eigenvalue weighted by Crippen LogP contribution is -2.24. The molecule has 0 aliphatic rings. The predicted molar refractivity (Wildman–Crippen MR) is 181 cm³/mol. The lowest BCUT2D eigenvalue weighted by Gasteiger charge is -2.20. The average Bonchev–Trinajstić information content (AvgIpc) is 3.02. The molecule has 0 radical (unpaired) electrons. The summed E-state index contributed by atoms with van der Waals surface area (Å²) in [5, 5.41) is 19.1. The van der Waals surface area contributed by atoms with Crippen LogP contribution in [0.5, 0.6) is 0 Å². The summed E-state index contributed by atoms with van der Waals surface area (Å²) in [5.41, 5.74) is 2.29. The number of nitrogens with one attached hydrogen (secondary N) is 1. The number of hydrogen-bond donors (Lipinski definition) is 2. The molecule has 240 valence electrons. The first kappa shape index (κ1) is 33.1. The molecule has 12 heteroatoms. The number of aromatic nitrogens is 4. The second kappa shape index (κ2) is 13.6. The normalized spacial score (nSPS) is 12.0. The zero-order chi connectivity index (χ0) is 33.2. The molecule has 0 fully saturated rings. The highest BCUT2D eigenvalue weighted by Gasteiger charge is 2.21. The van der Waals surface area contributed by atoms with Crippen molar-refractivity contribution in [3.8, 4) is 16.5 Å². The highest BCUT2D eigenvalue weighted by atomic mass is 31.0. The minimum atomic E-state index is -0.627. The minimum absolute atomic E-state index is 0.0717. The van der Waals surface area contributed by atoms with Crippen molar-refractivity contribution >= 4 is 30.6 Å². The minimum Gasteiger partial charge on any atom is -0.392 e. The maximum Gasteiger partial charge on any atom is 0.282 e. The summed E-state index contributed by atoms with van der Waals surface area (Å²) in [4.78, 5) is 33.4. The molecule has 0 bridgehead atoms. The van der Waals surface area contributed by atoms with Crippen LogP contribution in [0, 0.1) is 5.82 Å². The maximum absolute atomic E-state index is 15.4. The van der Waals surface area contributed by atoms with Gasteiger partial charge in [-0.05, 0) is 59.5 Å². The standard InChI is InChI=1S/C34H38FN6O4P/c1-34(2,3)23-14-22-18-37-41(33(44)31(22)26(35)15-23)28-9-7-8-24(25(28)20-42)29-16-27(32(43)40(5)46-29)38-30-11-10-21(17-36-30)19-39(4)12-13-45-6/h7-11,14-18,42H,12-13,19-20H2,1-6H3,(H,36,38). The van der Waals surface area contributed by atoms with Crippen LogP contribution in [-0.4, -0.2) is 56.4 Å². The molecular formula is C34H38FN6O4P. The van der Waals surface area contributed by atoms with Gasteiger partial charge in [0.1, 0.15) is 17.3 Å². The lowest BCUT2D eigenvalue weighted by molar-refractivity contribution is 0.158. The van der Waals surface area contributed by atoms with Gasteiger partial charge >= 0.3 is 0 Å². The molecule has 0 spiro atoms. The van der Waals surface area contributed by atoms with E-state index >= 15 is 4.39 Å². The van der Waals surface area contributed by atoms with Crippen molar-refractivity contribution in [2.75, 3.05) is 32.6 Å². The van der Waals surface area contributed by atoms with E-state index < -0.39 is 18.0 Å². The largest absolute Gasteiger partial charge is 0.392 e. The van der Waals surface area contributed by atoms with Crippen molar-refractivity contribution in [2.24, 2.45) is 7.05 Å². The van der Waals surface area contributed by atoms with Crippen molar-refractivity contribution in [1.82, 2.24) is 24.0 Å². The number of halogens is 1. The molecule has 0 atom stereocenters. The summed E-state index contributed by atoms with van der Waals surface area (Å²) in [6.45, 7) is 7.64. The average molecular weight is 645 g/mol. The van der Waals surface area contributed by atoms with Crippen LogP contribution in [0.1, 0.15) is 37.5 Å². The van der Waals surface area contributed by atoms with E-state index in [1.54, 1.807) is 44.6 Å². The third kappa shape index (κ3) is 6.93. The predicted octanol–water partition coefficient (Wildman–Crippen LogP) is 5.48. The Morgan fingerprint density at radius 2 is 1.87 bits per heavy atom. The van der Waals surface area contributed by atoms with Gasteiger partial charge in [0, 0.05) is 58.0 Å². The number of aliphatic hydroxyl groups excluding tert-OH is 1. The topological polar surface area (TPSA) is 115 Å². The number of fused-ring (bicyclic) bond motifs is 1. The van der Waals surface area contributed by atoms with E-state index in [0.29, 0.717) is 60.5 Å². The van der Waals surface area contributed by atoms with E-state index in [4.69, 9.17) is 4.74 Å². The Hall–Kier alpha value is -4.28. The third-order valence-corrected chi connectivity index (χ3v) is 8.87. The van der Waals surface area contributed by atoms with E-state index in [1.165, 1.54) is 16.6 Å². The van der Waals surface area contributed by atoms with Crippen LogP contribution in [0.4, 0.5) is 15.9 Å². The molecule has 0 saturated heterocycles. The second-order valence-corrected chi connectivity index (χ2v) is 13.6. The second-order valence-electron chi connectivity index (χ2n) is 12.3. The van der Waals surface area contributed by atoms with Crippen LogP contribution >= 0.6 is 8.35 Å². The van der Waals surface area contributed by atoms with Crippen LogP contribution in [0.3, 0.4) is 0 Å². The highest BCUT2D eigenvalue weighted by Crippen LogP contribution is 2.34. The first-order valence-electron chi connectivity index (χ1n) is 14.8. The van der Waals surface area contributed by atoms with E-state index in [0.717, 1.165) is 22.4 Å². The number of aryl methyl sites for hydroxylation is 1. The van der Waals surface area contributed by atoms with Gasteiger partial charge in [0.05, 0.1) is 30.5 Å². The number of rotatable bonds is 10. The quantitative estimate of drug-likeness (QED) is 0.206. The number of ether oxygens (including phenoxy) is 1. The van der Waals surface area contributed by atoms with Gasteiger partial charge in [-0.1, -0.05) is 39.0 Å². The summed E-state index contributed by atoms with van der Waals surface area (Å²) < 4.78 is 23.1. The van der Waals surface area contributed by atoms with Crippen LogP contribution in [0.15, 0.2) is 70.5 Å². The Morgan fingerprint density at radius 1 is 1.09 bits per heavy atom. The van der Waals surface area contributed by atoms with Gasteiger partial charge in [0.2, 0.25) is 0 Å². The summed E-state index contributed by atoms with van der Waals surface area (Å²) >= 11 is 0. The van der Waals surface area contributed by atoms with E-state index in [2.05, 4.69) is 20.3 Å². The zero-order valence-corrected chi connectivity index (χ0v) is 27.7. The number of hydrogen-bond acceptors (Lipinski definition) is 8. The van der Waals surface area contributed by atoms with Crippen molar-refractivity contribution in [2.45, 2.75) is 39.3 Å². The molecule has 3 heterocycles. The first-order chi connectivity index (χ1) is 21.9. The SMILES string of the molecule is COCCN(C)Cc1ccc(Nc2cc(-c3cccc(-n4ncc5cc(C(C)(C)C)cc(F)c5c4=O)c3CO)pn(C)c2=O)nc1. The Labute approximate surface area is 268 Å². The fraction of sp³-hybridized carbons (Fsp3) is 0.324. The molecule has 5 rings (SSSR count). The van der Waals surface area contributed by atoms with Crippen LogP contribution in [-0.2, 0) is 30.4 Å². The van der Waals surface area contributed by atoms with Crippen molar-refractivity contribution < 1.29 is 14.2 Å². The third-order valence-electron chi connectivity index (χ3n) is 7.80. The van der Waals surface area contributed by atoms with Gasteiger partial charge in [-0.15, -0.1) is 0 Å². The number of methoxy groups -OCH3 is 1. The van der Waals surface area contributed by atoms with Gasteiger partial charge < -0.3 is 15.2 Å². The van der Waals surface area contributed by atoms with Crippen molar-refractivity contribution in [3.63, 3.8) is 0 Å². The Balaban J connectivity index is 1.51. The molecule has 2 aromatic carbocycles. The number of pyridine rings is 1. The Kier molecular flexibility index (Phi) is 9.79. The smallest absolute Gasteiger partial charge is 0.282 e. The van der Waals surface area contributed by atoms with Crippen LogP contribution in [0.2, 0.25) is 0 Å². The van der Waals surface area contributed by atoms with Gasteiger partial charge in [0.15, 0.2) is 0 Å². The molecule has 2 N–H and O–H groups in total. The number of likely N-dealkylation sites (N-methyl/N-ethyl adjacent to an activating group) is 1. The number of nitrogens with zero attached hydrogens (tertiary/aromatic N) is 5. The van der Waals surface area contributed by atoms with E-state index in [-0.39, 0.29) is 16.4 Å². The lowest BCUT2D eigenvalue weighted by atomic mass is 9.86. The number of aliphatic hydroxyl groups is 1. The van der Waals surface area contributed by atoms with E-state index in [9.17, 15) is 14.7 Å². The molecular weight excluding hydrogens is 606 g/mol. The molecule has 10 nitrogen and oxygen atoms in total. The van der Waals surface area contributed by atoms with Gasteiger partial charge in [-0.2, -0.15) is 9.78 Å². The van der Waals surface area contributed by atoms with Crippen molar-refractivity contribution in [3.05, 3.63) is 104 Å². The monoisotopic (exact) mass is 644 g/mol. The highest BCUT2D eigenvalue weighted by molar-refractivity contribution is 7.30. The Bertz CT molecular complexity index is 2000. The molecule has 46 heavy (non-hydrogen) atoms. The van der Waals surface area contributed by atoms with Crippen molar-refractivity contribution in [1.29, 1.82) is 0 Å². The fourth-order valence-electron chi connectivity index (χ4n) is 5.22. The Morgan fingerprint density at radius 3 is 2.54 bits per heavy atom. The molecule has 0 unspecified atom stereocenters. The van der Waals surface area contributed by atoms with Crippen LogP contribution < -0.4 is 16.4 Å². The van der Waals surface area contributed by atoms with Gasteiger partial charge in [0.25, 0.3) is 11.1 Å². The fourth-order valence-corrected chi connectivity index (χ4v) is 6.24. The molecule has 0 saturated carbocycles.